The van der Waals surface area contributed by atoms with Gasteiger partial charge in [0.15, 0.2) is 0 Å². The second kappa shape index (κ2) is 8.03. The van der Waals surface area contributed by atoms with Crippen LogP contribution in [0.4, 0.5) is 0 Å². The third-order valence-corrected chi connectivity index (χ3v) is 5.87. The molecule has 7 nitrogen and oxygen atoms in total. The van der Waals surface area contributed by atoms with Crippen LogP contribution in [0, 0.1) is 13.8 Å². The van der Waals surface area contributed by atoms with Crippen molar-refractivity contribution in [2.75, 3.05) is 20.6 Å². The summed E-state index contributed by atoms with van der Waals surface area (Å²) >= 11 is 0. The smallest absolute Gasteiger partial charge is 0.251 e. The van der Waals surface area contributed by atoms with Crippen molar-refractivity contribution >= 4 is 15.9 Å². The van der Waals surface area contributed by atoms with Crippen LogP contribution in [0.25, 0.3) is 0 Å². The molecule has 0 radical (unpaired) electrons. The lowest BCUT2D eigenvalue weighted by Crippen LogP contribution is -2.26. The molecule has 1 aromatic heterocycles. The fourth-order valence-corrected chi connectivity index (χ4v) is 3.45. The van der Waals surface area contributed by atoms with E-state index in [1.807, 2.05) is 6.92 Å². The van der Waals surface area contributed by atoms with Gasteiger partial charge in [0.25, 0.3) is 5.91 Å². The third-order valence-electron chi connectivity index (χ3n) is 4.04. The Morgan fingerprint density at radius 2 is 1.85 bits per heavy atom. The molecule has 1 aromatic carbocycles. The number of sulfonamides is 1. The molecule has 142 valence electrons. The first-order valence-corrected chi connectivity index (χ1v) is 9.62. The number of amides is 1. The molecule has 2 N–H and O–H groups in total. The number of benzene rings is 1. The number of rotatable bonds is 7. The lowest BCUT2D eigenvalue weighted by molar-refractivity contribution is 0.0942. The van der Waals surface area contributed by atoms with E-state index >= 15 is 0 Å². The van der Waals surface area contributed by atoms with Gasteiger partial charge in [0, 0.05) is 31.8 Å². The summed E-state index contributed by atoms with van der Waals surface area (Å²) < 4.78 is 30.5. The second-order valence-corrected chi connectivity index (χ2v) is 8.39. The molecule has 2 rings (SSSR count). The van der Waals surface area contributed by atoms with Crippen molar-refractivity contribution in [3.8, 4) is 0 Å². The number of aliphatic hydroxyl groups is 1. The van der Waals surface area contributed by atoms with Gasteiger partial charge in [-0.25, -0.2) is 12.7 Å². The highest BCUT2D eigenvalue weighted by Crippen LogP contribution is 2.23. The van der Waals surface area contributed by atoms with E-state index in [0.29, 0.717) is 17.7 Å². The van der Waals surface area contributed by atoms with Gasteiger partial charge in [0.05, 0.1) is 11.0 Å². The van der Waals surface area contributed by atoms with E-state index in [4.69, 9.17) is 4.42 Å². The van der Waals surface area contributed by atoms with Gasteiger partial charge in [-0.15, -0.1) is 0 Å². The maximum absolute atomic E-state index is 12.2. The largest absolute Gasteiger partial charge is 0.466 e. The van der Waals surface area contributed by atoms with Gasteiger partial charge in [0.1, 0.15) is 11.5 Å². The van der Waals surface area contributed by atoms with Crippen molar-refractivity contribution in [2.24, 2.45) is 0 Å². The molecule has 0 aliphatic rings. The van der Waals surface area contributed by atoms with Crippen LogP contribution in [0.2, 0.25) is 0 Å². The maximum atomic E-state index is 12.2. The summed E-state index contributed by atoms with van der Waals surface area (Å²) in [5, 5.41) is 12.9. The predicted octanol–water partition coefficient (Wildman–Crippen LogP) is 2.00. The SMILES string of the molecule is Cc1cc([C@@H](O)CCNC(=O)c2ccc(S(=O)(=O)N(C)C)cc2)c(C)o1. The Labute approximate surface area is 153 Å². The van der Waals surface area contributed by atoms with Crippen molar-refractivity contribution < 1.29 is 22.7 Å². The van der Waals surface area contributed by atoms with E-state index in [-0.39, 0.29) is 17.3 Å². The van der Waals surface area contributed by atoms with Crippen LogP contribution < -0.4 is 5.32 Å². The normalized spacial score (nSPS) is 13.0. The Kier molecular flexibility index (Phi) is 6.22. The van der Waals surface area contributed by atoms with Crippen LogP contribution in [0.15, 0.2) is 39.6 Å². The molecule has 1 atom stereocenters. The third kappa shape index (κ3) is 4.51. The molecular weight excluding hydrogens is 356 g/mol. The molecule has 8 heteroatoms. The number of aryl methyl sites for hydroxylation is 2. The fraction of sp³-hybridized carbons (Fsp3) is 0.389. The van der Waals surface area contributed by atoms with Crippen LogP contribution in [-0.4, -0.2) is 44.4 Å². The first kappa shape index (κ1) is 20.2. The molecule has 1 heterocycles. The van der Waals surface area contributed by atoms with Gasteiger partial charge in [-0.2, -0.15) is 0 Å². The van der Waals surface area contributed by atoms with Gasteiger partial charge in [-0.05, 0) is 50.6 Å². The second-order valence-electron chi connectivity index (χ2n) is 6.24. The van der Waals surface area contributed by atoms with Crippen LogP contribution in [0.5, 0.6) is 0 Å². The van der Waals surface area contributed by atoms with Gasteiger partial charge in [0.2, 0.25) is 10.0 Å². The van der Waals surface area contributed by atoms with Gasteiger partial charge >= 0.3 is 0 Å². The molecule has 0 aliphatic carbocycles. The minimum absolute atomic E-state index is 0.125. The molecule has 0 spiro atoms. The van der Waals surface area contributed by atoms with Gasteiger partial charge in [-0.3, -0.25) is 4.79 Å². The molecule has 0 bridgehead atoms. The first-order valence-electron chi connectivity index (χ1n) is 8.18. The topological polar surface area (TPSA) is 99.8 Å². The molecule has 2 aromatic rings. The number of nitrogens with one attached hydrogen (secondary N) is 1. The molecule has 0 fully saturated rings. The molecular formula is C18H24N2O5S. The number of carbonyl (C=O) groups excluding carboxylic acids is 1. The summed E-state index contributed by atoms with van der Waals surface area (Å²) in [6.45, 7) is 3.88. The first-order chi connectivity index (χ1) is 12.1. The van der Waals surface area contributed by atoms with E-state index < -0.39 is 16.1 Å². The summed E-state index contributed by atoms with van der Waals surface area (Å²) in [7, 11) is -0.623. The molecule has 1 amide bonds. The zero-order valence-corrected chi connectivity index (χ0v) is 16.1. The predicted molar refractivity (Wildman–Crippen MR) is 97.4 cm³/mol. The minimum Gasteiger partial charge on any atom is -0.466 e. The Balaban J connectivity index is 1.93. The van der Waals surface area contributed by atoms with E-state index in [1.165, 1.54) is 38.4 Å². The molecule has 0 saturated heterocycles. The summed E-state index contributed by atoms with van der Waals surface area (Å²) in [4.78, 5) is 12.3. The zero-order chi connectivity index (χ0) is 19.5. The lowest BCUT2D eigenvalue weighted by atomic mass is 10.1. The monoisotopic (exact) mass is 380 g/mol. The van der Waals surface area contributed by atoms with Crippen molar-refractivity contribution in [1.29, 1.82) is 0 Å². The summed E-state index contributed by atoms with van der Waals surface area (Å²) in [6, 6.07) is 7.51. The van der Waals surface area contributed by atoms with Crippen molar-refractivity contribution in [3.63, 3.8) is 0 Å². The number of nitrogens with zero attached hydrogens (tertiary/aromatic N) is 1. The van der Waals surface area contributed by atoms with Crippen LogP contribution >= 0.6 is 0 Å². The Morgan fingerprint density at radius 3 is 2.35 bits per heavy atom. The van der Waals surface area contributed by atoms with Crippen molar-refractivity contribution in [3.05, 3.63) is 53.0 Å². The highest BCUT2D eigenvalue weighted by Gasteiger charge is 2.18. The fourth-order valence-electron chi connectivity index (χ4n) is 2.55. The van der Waals surface area contributed by atoms with Crippen LogP contribution in [0.3, 0.4) is 0 Å². The van der Waals surface area contributed by atoms with Gasteiger partial charge < -0.3 is 14.8 Å². The summed E-state index contributed by atoms with van der Waals surface area (Å²) in [5.74, 6) is 1.07. The summed E-state index contributed by atoms with van der Waals surface area (Å²) in [6.07, 6.45) is -0.376. The highest BCUT2D eigenvalue weighted by molar-refractivity contribution is 7.89. The maximum Gasteiger partial charge on any atom is 0.251 e. The number of aliphatic hydroxyl groups excluding tert-OH is 1. The van der Waals surface area contributed by atoms with E-state index in [2.05, 4.69) is 5.32 Å². The Morgan fingerprint density at radius 1 is 1.23 bits per heavy atom. The highest BCUT2D eigenvalue weighted by atomic mass is 32.2. The van der Waals surface area contributed by atoms with Gasteiger partial charge in [-0.1, -0.05) is 0 Å². The van der Waals surface area contributed by atoms with E-state index in [9.17, 15) is 18.3 Å². The van der Waals surface area contributed by atoms with E-state index in [1.54, 1.807) is 13.0 Å². The van der Waals surface area contributed by atoms with Crippen molar-refractivity contribution in [1.82, 2.24) is 9.62 Å². The van der Waals surface area contributed by atoms with E-state index in [0.717, 1.165) is 15.6 Å². The van der Waals surface area contributed by atoms with Crippen LogP contribution in [-0.2, 0) is 10.0 Å². The van der Waals surface area contributed by atoms with Crippen LogP contribution in [0.1, 0.15) is 40.0 Å². The quantitative estimate of drug-likeness (QED) is 0.765. The molecule has 26 heavy (non-hydrogen) atoms. The molecule has 0 aliphatic heterocycles. The average molecular weight is 380 g/mol. The minimum atomic E-state index is -3.52. The Bertz CT molecular complexity index is 869. The average Bonchev–Trinajstić information content (AvgIpc) is 2.93. The molecule has 0 unspecified atom stereocenters. The summed E-state index contributed by atoms with van der Waals surface area (Å²) in [5.41, 5.74) is 1.07. The zero-order valence-electron chi connectivity index (χ0n) is 15.3. The van der Waals surface area contributed by atoms with Crippen molar-refractivity contribution in [2.45, 2.75) is 31.3 Å². The lowest BCUT2D eigenvalue weighted by Gasteiger charge is -2.12. The molecule has 0 saturated carbocycles. The number of hydrogen-bond acceptors (Lipinski definition) is 5. The Hall–Kier alpha value is -2.16. The standard InChI is InChI=1S/C18H24N2O5S/c1-12-11-16(13(2)25-12)17(21)9-10-19-18(22)14-5-7-15(8-6-14)26(23,24)20(3)4/h5-8,11,17,21H,9-10H2,1-4H3,(H,19,22)/t17-/m0/s1. The number of hydrogen-bond donors (Lipinski definition) is 2. The number of furan rings is 1. The number of carbonyl (C=O) groups is 1.